The van der Waals surface area contributed by atoms with Crippen LogP contribution in [0.3, 0.4) is 0 Å². The molecule has 2 nitrogen and oxygen atoms in total. The van der Waals surface area contributed by atoms with Crippen LogP contribution >= 0.6 is 23.2 Å². The summed E-state index contributed by atoms with van der Waals surface area (Å²) in [5.41, 5.74) is 0.508. The highest BCUT2D eigenvalue weighted by molar-refractivity contribution is 6.43. The zero-order valence-electron chi connectivity index (χ0n) is 9.75. The van der Waals surface area contributed by atoms with Crippen LogP contribution in [-0.2, 0) is 0 Å². The number of halogens is 2. The van der Waals surface area contributed by atoms with Gasteiger partial charge in [-0.25, -0.2) is 0 Å². The summed E-state index contributed by atoms with van der Waals surface area (Å²) in [7, 11) is 0. The molecule has 1 fully saturated rings. The molecule has 1 heterocycles. The number of nitrogens with zero attached hydrogens (tertiary/aromatic N) is 1. The summed E-state index contributed by atoms with van der Waals surface area (Å²) < 4.78 is 0. The number of carbonyl (C=O) groups is 1. The van der Waals surface area contributed by atoms with E-state index in [1.165, 1.54) is 6.42 Å². The summed E-state index contributed by atoms with van der Waals surface area (Å²) in [6.45, 7) is 3.78. The number of amides is 1. The second kappa shape index (κ2) is 5.28. The van der Waals surface area contributed by atoms with Gasteiger partial charge < -0.3 is 4.90 Å². The minimum atomic E-state index is -0.0101. The Kier molecular flexibility index (Phi) is 3.95. The highest BCUT2D eigenvalue weighted by atomic mass is 35.5. The van der Waals surface area contributed by atoms with E-state index in [9.17, 15) is 4.79 Å². The van der Waals surface area contributed by atoms with E-state index in [2.05, 4.69) is 6.92 Å². The van der Waals surface area contributed by atoms with Crippen molar-refractivity contribution in [2.75, 3.05) is 13.1 Å². The van der Waals surface area contributed by atoms with E-state index in [1.807, 2.05) is 4.90 Å². The Hall–Kier alpha value is -0.730. The molecule has 1 atom stereocenters. The molecule has 1 aromatic carbocycles. The first-order valence-corrected chi connectivity index (χ1v) is 6.58. The standard InChI is InChI=1S/C13H15Cl2NO/c1-9-4-3-7-16(8-9)13(17)10-5-2-6-11(14)12(10)15/h2,5-6,9H,3-4,7-8H2,1H3. The molecule has 4 heteroatoms. The van der Waals surface area contributed by atoms with Crippen LogP contribution in [0, 0.1) is 5.92 Å². The second-order valence-corrected chi connectivity index (χ2v) is 5.39. The summed E-state index contributed by atoms with van der Waals surface area (Å²) in [6.07, 6.45) is 2.25. The molecule has 1 unspecified atom stereocenters. The molecule has 0 saturated carbocycles. The zero-order valence-corrected chi connectivity index (χ0v) is 11.3. The van der Waals surface area contributed by atoms with Gasteiger partial charge in [0.2, 0.25) is 0 Å². The fourth-order valence-electron chi connectivity index (χ4n) is 2.21. The van der Waals surface area contributed by atoms with Crippen LogP contribution in [0.5, 0.6) is 0 Å². The maximum atomic E-state index is 12.3. The van der Waals surface area contributed by atoms with Crippen LogP contribution in [0.15, 0.2) is 18.2 Å². The van der Waals surface area contributed by atoms with Gasteiger partial charge in [-0.2, -0.15) is 0 Å². The Labute approximate surface area is 112 Å². The average molecular weight is 272 g/mol. The quantitative estimate of drug-likeness (QED) is 0.760. The van der Waals surface area contributed by atoms with E-state index < -0.39 is 0 Å². The third-order valence-corrected chi connectivity index (χ3v) is 3.95. The molecular formula is C13H15Cl2NO. The molecule has 0 aromatic heterocycles. The van der Waals surface area contributed by atoms with Gasteiger partial charge in [0.05, 0.1) is 15.6 Å². The number of hydrogen-bond donors (Lipinski definition) is 0. The molecule has 1 amide bonds. The normalized spacial score (nSPS) is 20.4. The van der Waals surface area contributed by atoms with Crippen LogP contribution in [0.4, 0.5) is 0 Å². The first-order chi connectivity index (χ1) is 8.09. The van der Waals surface area contributed by atoms with Crippen molar-refractivity contribution in [3.63, 3.8) is 0 Å². The van der Waals surface area contributed by atoms with Crippen molar-refractivity contribution in [1.29, 1.82) is 0 Å². The van der Waals surface area contributed by atoms with Gasteiger partial charge in [-0.05, 0) is 30.9 Å². The molecule has 1 aromatic rings. The lowest BCUT2D eigenvalue weighted by atomic mass is 9.99. The van der Waals surface area contributed by atoms with E-state index in [-0.39, 0.29) is 5.91 Å². The maximum Gasteiger partial charge on any atom is 0.255 e. The Morgan fingerprint density at radius 2 is 2.18 bits per heavy atom. The third-order valence-electron chi connectivity index (χ3n) is 3.13. The van der Waals surface area contributed by atoms with E-state index in [4.69, 9.17) is 23.2 Å². The SMILES string of the molecule is CC1CCCN(C(=O)c2cccc(Cl)c2Cl)C1. The molecule has 1 saturated heterocycles. The van der Waals surface area contributed by atoms with Gasteiger partial charge in [-0.1, -0.05) is 36.2 Å². The number of piperidine rings is 1. The maximum absolute atomic E-state index is 12.3. The summed E-state index contributed by atoms with van der Waals surface area (Å²) in [4.78, 5) is 14.2. The molecule has 92 valence electrons. The van der Waals surface area contributed by atoms with Gasteiger partial charge in [-0.3, -0.25) is 4.79 Å². The molecule has 2 rings (SSSR count). The van der Waals surface area contributed by atoms with Crippen LogP contribution in [0.1, 0.15) is 30.1 Å². The third kappa shape index (κ3) is 2.75. The number of hydrogen-bond acceptors (Lipinski definition) is 1. The topological polar surface area (TPSA) is 20.3 Å². The smallest absolute Gasteiger partial charge is 0.255 e. The molecule has 1 aliphatic rings. The average Bonchev–Trinajstić information content (AvgIpc) is 2.32. The van der Waals surface area contributed by atoms with Crippen LogP contribution in [-0.4, -0.2) is 23.9 Å². The number of benzene rings is 1. The van der Waals surface area contributed by atoms with Crippen LogP contribution in [0.25, 0.3) is 0 Å². The summed E-state index contributed by atoms with van der Waals surface area (Å²) in [6, 6.07) is 5.18. The van der Waals surface area contributed by atoms with Gasteiger partial charge in [-0.15, -0.1) is 0 Å². The van der Waals surface area contributed by atoms with Gasteiger partial charge in [0, 0.05) is 13.1 Å². The van der Waals surface area contributed by atoms with Crippen molar-refractivity contribution in [3.8, 4) is 0 Å². The number of carbonyl (C=O) groups excluding carboxylic acids is 1. The van der Waals surface area contributed by atoms with Gasteiger partial charge in [0.1, 0.15) is 0 Å². The predicted molar refractivity (Wildman–Crippen MR) is 70.8 cm³/mol. The Morgan fingerprint density at radius 1 is 1.41 bits per heavy atom. The minimum absolute atomic E-state index is 0.0101. The molecule has 0 N–H and O–H groups in total. The summed E-state index contributed by atoms with van der Waals surface area (Å²) >= 11 is 12.0. The largest absolute Gasteiger partial charge is 0.338 e. The predicted octanol–water partition coefficient (Wildman–Crippen LogP) is 3.87. The lowest BCUT2D eigenvalue weighted by Gasteiger charge is -2.31. The van der Waals surface area contributed by atoms with Crippen LogP contribution in [0.2, 0.25) is 10.0 Å². The molecule has 0 bridgehead atoms. The molecule has 0 radical (unpaired) electrons. The van der Waals surface area contributed by atoms with E-state index >= 15 is 0 Å². The number of rotatable bonds is 1. The second-order valence-electron chi connectivity index (χ2n) is 4.60. The van der Waals surface area contributed by atoms with Crippen molar-refractivity contribution >= 4 is 29.1 Å². The van der Waals surface area contributed by atoms with Crippen LogP contribution < -0.4 is 0 Å². The monoisotopic (exact) mass is 271 g/mol. The molecule has 0 spiro atoms. The first-order valence-electron chi connectivity index (χ1n) is 5.83. The molecule has 0 aliphatic carbocycles. The van der Waals surface area contributed by atoms with E-state index in [0.717, 1.165) is 19.5 Å². The fourth-order valence-corrected chi connectivity index (χ4v) is 2.59. The first kappa shape index (κ1) is 12.7. The highest BCUT2D eigenvalue weighted by Gasteiger charge is 2.23. The lowest BCUT2D eigenvalue weighted by Crippen LogP contribution is -2.39. The molecule has 1 aliphatic heterocycles. The van der Waals surface area contributed by atoms with Crippen molar-refractivity contribution in [1.82, 2.24) is 4.90 Å². The van der Waals surface area contributed by atoms with Crippen molar-refractivity contribution in [2.24, 2.45) is 5.92 Å². The van der Waals surface area contributed by atoms with E-state index in [0.29, 0.717) is 21.5 Å². The minimum Gasteiger partial charge on any atom is -0.338 e. The molecule has 17 heavy (non-hydrogen) atoms. The lowest BCUT2D eigenvalue weighted by molar-refractivity contribution is 0.0683. The van der Waals surface area contributed by atoms with Gasteiger partial charge >= 0.3 is 0 Å². The highest BCUT2D eigenvalue weighted by Crippen LogP contribution is 2.27. The van der Waals surface area contributed by atoms with Crippen molar-refractivity contribution in [2.45, 2.75) is 19.8 Å². The zero-order chi connectivity index (χ0) is 12.4. The summed E-state index contributed by atoms with van der Waals surface area (Å²) in [5.74, 6) is 0.551. The number of likely N-dealkylation sites (tertiary alicyclic amines) is 1. The molecular weight excluding hydrogens is 257 g/mol. The van der Waals surface area contributed by atoms with E-state index in [1.54, 1.807) is 18.2 Å². The summed E-state index contributed by atoms with van der Waals surface area (Å²) in [5, 5.41) is 0.792. The van der Waals surface area contributed by atoms with Gasteiger partial charge in [0.25, 0.3) is 5.91 Å². The Morgan fingerprint density at radius 3 is 2.88 bits per heavy atom. The Balaban J connectivity index is 2.22. The Bertz CT molecular complexity index is 433. The van der Waals surface area contributed by atoms with Crippen molar-refractivity contribution in [3.05, 3.63) is 33.8 Å². The van der Waals surface area contributed by atoms with Crippen molar-refractivity contribution < 1.29 is 4.79 Å². The van der Waals surface area contributed by atoms with Gasteiger partial charge in [0.15, 0.2) is 0 Å². The fraction of sp³-hybridized carbons (Fsp3) is 0.462.